The zero-order valence-corrected chi connectivity index (χ0v) is 35.4. The summed E-state index contributed by atoms with van der Waals surface area (Å²) in [6.45, 7) is 0. The largest absolute Gasteiger partial charge is 0.247 e. The van der Waals surface area contributed by atoms with Crippen molar-refractivity contribution in [2.45, 2.75) is 15.2 Å². The fourth-order valence-electron chi connectivity index (χ4n) is 10.3. The second-order valence-electron chi connectivity index (χ2n) is 16.6. The van der Waals surface area contributed by atoms with E-state index in [2.05, 4.69) is 188 Å². The van der Waals surface area contributed by atoms with Gasteiger partial charge >= 0.3 is 0 Å². The average molecular weight is 832 g/mol. The van der Waals surface area contributed by atoms with Crippen molar-refractivity contribution in [3.05, 3.63) is 247 Å². The van der Waals surface area contributed by atoms with Crippen molar-refractivity contribution in [2.24, 2.45) is 0 Å². The molecule has 1 spiro atoms. The van der Waals surface area contributed by atoms with Gasteiger partial charge in [0.15, 0.2) is 5.82 Å². The first-order valence-corrected chi connectivity index (χ1v) is 22.6. The third kappa shape index (κ3) is 5.59. The predicted molar refractivity (Wildman–Crippen MR) is 263 cm³/mol. The molecule has 0 radical (unpaired) electrons. The van der Waals surface area contributed by atoms with Crippen LogP contribution in [-0.2, 0) is 5.41 Å². The quantitative estimate of drug-likeness (QED) is 0.162. The third-order valence-electron chi connectivity index (χ3n) is 13.2. The highest BCUT2D eigenvalue weighted by Crippen LogP contribution is 2.63. The summed E-state index contributed by atoms with van der Waals surface area (Å²) in [6, 6.07) is 80.8. The minimum absolute atomic E-state index is 0.442. The molecule has 11 aromatic rings. The van der Waals surface area contributed by atoms with E-state index in [1.165, 1.54) is 53.9 Å². The van der Waals surface area contributed by atoms with Crippen molar-refractivity contribution in [1.82, 2.24) is 15.0 Å². The lowest BCUT2D eigenvalue weighted by atomic mass is 9.67. The van der Waals surface area contributed by atoms with E-state index < -0.39 is 5.41 Å². The standard InChI is InChI=1S/C60H37N3S/c1-3-15-40(16-4-1)52-37-53(63-59(62-52)43-17-5-2-6-18-43)41-31-27-38(28-32-41)39-29-33-42(34-30-39)58-46-35-36-50-57(56(46)45-20-8-12-24-51(45)61-58)44-19-7-9-21-47(44)60(50)48-22-10-13-25-54(48)64-55-26-14-11-23-49(55)60/h1-37H. The van der Waals surface area contributed by atoms with Gasteiger partial charge in [0.2, 0.25) is 0 Å². The number of rotatable bonds is 5. The van der Waals surface area contributed by atoms with Gasteiger partial charge in [-0.15, -0.1) is 0 Å². The van der Waals surface area contributed by atoms with E-state index in [9.17, 15) is 0 Å². The molecule has 3 heterocycles. The molecule has 0 atom stereocenters. The third-order valence-corrected chi connectivity index (χ3v) is 14.3. The summed E-state index contributed by atoms with van der Waals surface area (Å²) < 4.78 is 0. The first-order valence-electron chi connectivity index (χ1n) is 21.8. The number of para-hydroxylation sites is 1. The summed E-state index contributed by atoms with van der Waals surface area (Å²) in [5, 5.41) is 3.58. The number of aromatic nitrogens is 3. The van der Waals surface area contributed by atoms with Gasteiger partial charge in [-0.3, -0.25) is 0 Å². The van der Waals surface area contributed by atoms with Crippen LogP contribution >= 0.6 is 11.8 Å². The van der Waals surface area contributed by atoms with Gasteiger partial charge in [0.25, 0.3) is 0 Å². The van der Waals surface area contributed by atoms with Gasteiger partial charge < -0.3 is 0 Å². The molecule has 1 aliphatic heterocycles. The van der Waals surface area contributed by atoms with Crippen molar-refractivity contribution in [3.63, 3.8) is 0 Å². The Morgan fingerprint density at radius 1 is 0.344 bits per heavy atom. The van der Waals surface area contributed by atoms with E-state index in [1.807, 2.05) is 48.2 Å². The van der Waals surface area contributed by atoms with Crippen LogP contribution in [0.3, 0.4) is 0 Å². The molecule has 0 amide bonds. The average Bonchev–Trinajstić information content (AvgIpc) is 3.67. The van der Waals surface area contributed by atoms with E-state index in [0.29, 0.717) is 5.82 Å². The molecular formula is C60H37N3S. The zero-order chi connectivity index (χ0) is 42.2. The van der Waals surface area contributed by atoms with Gasteiger partial charge in [-0.2, -0.15) is 0 Å². The molecule has 1 aliphatic carbocycles. The summed E-state index contributed by atoms with van der Waals surface area (Å²) in [6.07, 6.45) is 0. The Morgan fingerprint density at radius 3 is 1.53 bits per heavy atom. The number of benzene rings is 9. The molecule has 0 bridgehead atoms. The van der Waals surface area contributed by atoms with Gasteiger partial charge in [0, 0.05) is 48.2 Å². The van der Waals surface area contributed by atoms with Gasteiger partial charge in [-0.1, -0.05) is 212 Å². The maximum absolute atomic E-state index is 5.42. The van der Waals surface area contributed by atoms with Crippen molar-refractivity contribution in [3.8, 4) is 67.4 Å². The van der Waals surface area contributed by atoms with E-state index in [-0.39, 0.29) is 0 Å². The monoisotopic (exact) mass is 831 g/mol. The molecule has 298 valence electrons. The molecule has 0 unspecified atom stereocenters. The van der Waals surface area contributed by atoms with Crippen molar-refractivity contribution < 1.29 is 0 Å². The number of hydrogen-bond donors (Lipinski definition) is 0. The Kier molecular flexibility index (Phi) is 8.37. The SMILES string of the molecule is c1ccc(-c2cc(-c3ccc(-c4ccc(-c5nc6ccccc6c6c7c(ccc56)C5(c6ccccc6Sc6ccccc65)c5ccccc5-7)cc4)cc3)nc(-c3ccccc3)n2)cc1. The number of hydrogen-bond acceptors (Lipinski definition) is 4. The van der Waals surface area contributed by atoms with Crippen LogP contribution in [0.5, 0.6) is 0 Å². The molecular weight excluding hydrogens is 795 g/mol. The Hall–Kier alpha value is -7.92. The lowest BCUT2D eigenvalue weighted by molar-refractivity contribution is 0.723. The van der Waals surface area contributed by atoms with Crippen LogP contribution < -0.4 is 0 Å². The molecule has 13 rings (SSSR count). The van der Waals surface area contributed by atoms with E-state index in [0.717, 1.165) is 61.4 Å². The molecule has 0 N–H and O–H groups in total. The first kappa shape index (κ1) is 36.7. The zero-order valence-electron chi connectivity index (χ0n) is 34.6. The summed E-state index contributed by atoms with van der Waals surface area (Å²) in [5.41, 5.74) is 17.7. The maximum atomic E-state index is 5.42. The molecule has 2 aliphatic rings. The van der Waals surface area contributed by atoms with Crippen LogP contribution in [0.15, 0.2) is 234 Å². The van der Waals surface area contributed by atoms with Crippen molar-refractivity contribution >= 4 is 33.4 Å². The van der Waals surface area contributed by atoms with Gasteiger partial charge in [0.1, 0.15) is 0 Å². The predicted octanol–water partition coefficient (Wildman–Crippen LogP) is 15.3. The van der Waals surface area contributed by atoms with Crippen molar-refractivity contribution in [1.29, 1.82) is 0 Å². The van der Waals surface area contributed by atoms with Crippen LogP contribution in [-0.4, -0.2) is 15.0 Å². The van der Waals surface area contributed by atoms with E-state index in [1.54, 1.807) is 0 Å². The summed E-state index contributed by atoms with van der Waals surface area (Å²) >= 11 is 1.88. The topological polar surface area (TPSA) is 38.7 Å². The van der Waals surface area contributed by atoms with Crippen molar-refractivity contribution in [2.75, 3.05) is 0 Å². The summed E-state index contributed by atoms with van der Waals surface area (Å²) in [5.74, 6) is 0.712. The molecule has 0 saturated heterocycles. The van der Waals surface area contributed by atoms with Crippen LogP contribution in [0.1, 0.15) is 22.3 Å². The fraction of sp³-hybridized carbons (Fsp3) is 0.0167. The summed E-state index contributed by atoms with van der Waals surface area (Å²) in [4.78, 5) is 18.1. The van der Waals surface area contributed by atoms with Crippen LogP contribution in [0.4, 0.5) is 0 Å². The Balaban J connectivity index is 0.925. The van der Waals surface area contributed by atoms with Crippen LogP contribution in [0.25, 0.3) is 89.1 Å². The van der Waals surface area contributed by atoms with E-state index >= 15 is 0 Å². The second-order valence-corrected chi connectivity index (χ2v) is 17.7. The number of fused-ring (bicyclic) bond motifs is 13. The molecule has 0 fully saturated rings. The first-order chi connectivity index (χ1) is 31.7. The molecule has 64 heavy (non-hydrogen) atoms. The van der Waals surface area contributed by atoms with Crippen LogP contribution in [0, 0.1) is 0 Å². The molecule has 0 saturated carbocycles. The fourth-order valence-corrected chi connectivity index (χ4v) is 11.5. The molecule has 4 heteroatoms. The maximum Gasteiger partial charge on any atom is 0.160 e. The van der Waals surface area contributed by atoms with E-state index in [4.69, 9.17) is 15.0 Å². The minimum atomic E-state index is -0.442. The van der Waals surface area contributed by atoms with Gasteiger partial charge in [0.05, 0.1) is 28.0 Å². The highest BCUT2D eigenvalue weighted by atomic mass is 32.2. The van der Waals surface area contributed by atoms with Crippen LogP contribution in [0.2, 0.25) is 0 Å². The molecule has 9 aromatic carbocycles. The minimum Gasteiger partial charge on any atom is -0.247 e. The van der Waals surface area contributed by atoms with Gasteiger partial charge in [-0.05, 0) is 68.8 Å². The van der Waals surface area contributed by atoms with Gasteiger partial charge in [-0.25, -0.2) is 15.0 Å². The highest BCUT2D eigenvalue weighted by molar-refractivity contribution is 7.99. The lowest BCUT2D eigenvalue weighted by Crippen LogP contribution is -2.31. The normalized spacial score (nSPS) is 13.1. The molecule has 3 nitrogen and oxygen atoms in total. The Bertz CT molecular complexity index is 3520. The Labute approximate surface area is 375 Å². The summed E-state index contributed by atoms with van der Waals surface area (Å²) in [7, 11) is 0. The second kappa shape index (κ2) is 14.6. The Morgan fingerprint density at radius 2 is 0.859 bits per heavy atom. The smallest absolute Gasteiger partial charge is 0.160 e. The molecule has 2 aromatic heterocycles. The highest BCUT2D eigenvalue weighted by Gasteiger charge is 2.50. The number of nitrogens with zero attached hydrogens (tertiary/aromatic N) is 3. The lowest BCUT2D eigenvalue weighted by Gasteiger charge is -2.39. The number of pyridine rings is 1.